The summed E-state index contributed by atoms with van der Waals surface area (Å²) in [5.74, 6) is -0.131. The van der Waals surface area contributed by atoms with Gasteiger partial charge < -0.3 is 4.90 Å². The normalized spacial score (nSPS) is 15.6. The highest BCUT2D eigenvalue weighted by molar-refractivity contribution is 6.31. The number of aryl methyl sites for hydroxylation is 1. The molecule has 0 radical (unpaired) electrons. The van der Waals surface area contributed by atoms with Crippen LogP contribution in [-0.2, 0) is 17.9 Å². The molecule has 1 aromatic carbocycles. The van der Waals surface area contributed by atoms with Crippen molar-refractivity contribution in [3.05, 3.63) is 51.8 Å². The Morgan fingerprint density at radius 1 is 1.19 bits per heavy atom. The van der Waals surface area contributed by atoms with Crippen LogP contribution in [0.3, 0.4) is 0 Å². The van der Waals surface area contributed by atoms with Crippen molar-refractivity contribution in [2.45, 2.75) is 33.4 Å². The predicted octanol–water partition coefficient (Wildman–Crippen LogP) is 3.44. The van der Waals surface area contributed by atoms with Crippen LogP contribution in [0.1, 0.15) is 28.9 Å². The Kier molecular flexibility index (Phi) is 6.11. The van der Waals surface area contributed by atoms with E-state index in [1.54, 1.807) is 11.8 Å². The molecule has 3 rings (SSSR count). The van der Waals surface area contributed by atoms with E-state index >= 15 is 0 Å². The minimum atomic E-state index is -2.75. The number of amides is 1. The molecule has 0 bridgehead atoms. The van der Waals surface area contributed by atoms with Crippen LogP contribution in [0.2, 0.25) is 5.02 Å². The molecule has 1 fully saturated rings. The molecule has 1 aliphatic rings. The first-order valence-corrected chi connectivity index (χ1v) is 9.30. The molecule has 0 N–H and O–H groups in total. The monoisotopic (exact) mass is 396 g/mol. The van der Waals surface area contributed by atoms with Gasteiger partial charge in [0.25, 0.3) is 6.43 Å². The predicted molar refractivity (Wildman–Crippen MR) is 100.0 cm³/mol. The fourth-order valence-electron chi connectivity index (χ4n) is 3.25. The smallest absolute Gasteiger partial charge is 0.283 e. The third-order valence-corrected chi connectivity index (χ3v) is 5.50. The lowest BCUT2D eigenvalue weighted by Crippen LogP contribution is -2.49. The molecule has 0 aliphatic carbocycles. The molecule has 2 heterocycles. The van der Waals surface area contributed by atoms with E-state index < -0.39 is 12.1 Å². The van der Waals surface area contributed by atoms with Crippen LogP contribution in [0.25, 0.3) is 0 Å². The molecule has 8 heteroatoms. The van der Waals surface area contributed by atoms with Crippen LogP contribution >= 0.6 is 11.6 Å². The number of halogens is 3. The number of aromatic nitrogens is 2. The van der Waals surface area contributed by atoms with Gasteiger partial charge in [0.15, 0.2) is 0 Å². The van der Waals surface area contributed by atoms with Gasteiger partial charge in [-0.15, -0.1) is 0 Å². The van der Waals surface area contributed by atoms with Crippen molar-refractivity contribution >= 4 is 17.5 Å². The lowest BCUT2D eigenvalue weighted by Gasteiger charge is -2.35. The van der Waals surface area contributed by atoms with Gasteiger partial charge in [-0.25, -0.2) is 8.78 Å². The summed E-state index contributed by atoms with van der Waals surface area (Å²) in [6.45, 7) is 7.26. The van der Waals surface area contributed by atoms with Gasteiger partial charge in [0.1, 0.15) is 12.2 Å². The largest absolute Gasteiger partial charge is 0.339 e. The van der Waals surface area contributed by atoms with Gasteiger partial charge >= 0.3 is 0 Å². The molecular weight excluding hydrogens is 374 g/mol. The van der Waals surface area contributed by atoms with E-state index in [1.807, 2.05) is 12.1 Å². The first-order valence-electron chi connectivity index (χ1n) is 8.92. The maximum Gasteiger partial charge on any atom is 0.283 e. The molecule has 5 nitrogen and oxygen atoms in total. The number of carbonyl (C=O) groups is 1. The lowest BCUT2D eigenvalue weighted by molar-refractivity contribution is -0.133. The standard InChI is InChI=1S/C19H23ClF2N4O/c1-13-5-3-4-6-15(13)11-24-7-9-25(10-8-24)16(27)12-26-14(2)17(20)18(23-26)19(21)22/h3-6,19H,7-12H2,1-2H3. The van der Waals surface area contributed by atoms with E-state index in [4.69, 9.17) is 11.6 Å². The van der Waals surface area contributed by atoms with Crippen molar-refractivity contribution in [1.82, 2.24) is 19.6 Å². The summed E-state index contributed by atoms with van der Waals surface area (Å²) in [4.78, 5) is 16.6. The molecule has 146 valence electrons. The molecule has 0 saturated carbocycles. The highest BCUT2D eigenvalue weighted by Gasteiger charge is 2.25. The van der Waals surface area contributed by atoms with Crippen LogP contribution in [0.5, 0.6) is 0 Å². The summed E-state index contributed by atoms with van der Waals surface area (Å²) < 4.78 is 27.1. The summed E-state index contributed by atoms with van der Waals surface area (Å²) in [5.41, 5.74) is 2.47. The number of benzene rings is 1. The van der Waals surface area contributed by atoms with Gasteiger partial charge in [0, 0.05) is 32.7 Å². The van der Waals surface area contributed by atoms with E-state index in [2.05, 4.69) is 29.1 Å². The Balaban J connectivity index is 1.56. The van der Waals surface area contributed by atoms with Crippen molar-refractivity contribution in [3.8, 4) is 0 Å². The second-order valence-electron chi connectivity index (χ2n) is 6.83. The maximum absolute atomic E-state index is 12.9. The fraction of sp³-hybridized carbons (Fsp3) is 0.474. The van der Waals surface area contributed by atoms with Crippen molar-refractivity contribution < 1.29 is 13.6 Å². The quantitative estimate of drug-likeness (QED) is 0.777. The molecule has 0 atom stereocenters. The number of carbonyl (C=O) groups excluding carboxylic acids is 1. The van der Waals surface area contributed by atoms with E-state index in [9.17, 15) is 13.6 Å². The third kappa shape index (κ3) is 4.47. The molecule has 1 saturated heterocycles. The Bertz CT molecular complexity index is 816. The molecule has 2 aromatic rings. The van der Waals surface area contributed by atoms with Crippen LogP contribution in [0.15, 0.2) is 24.3 Å². The van der Waals surface area contributed by atoms with Gasteiger partial charge in [-0.2, -0.15) is 5.10 Å². The number of hydrogen-bond donors (Lipinski definition) is 0. The SMILES string of the molecule is Cc1ccccc1CN1CCN(C(=O)Cn2nc(C(F)F)c(Cl)c2C)CC1. The summed E-state index contributed by atoms with van der Waals surface area (Å²) in [6, 6.07) is 8.28. The molecule has 0 spiro atoms. The highest BCUT2D eigenvalue weighted by atomic mass is 35.5. The number of nitrogens with zero attached hydrogens (tertiary/aromatic N) is 4. The van der Waals surface area contributed by atoms with Crippen LogP contribution in [0, 0.1) is 13.8 Å². The molecule has 27 heavy (non-hydrogen) atoms. The minimum absolute atomic E-state index is 0.0687. The van der Waals surface area contributed by atoms with E-state index in [1.165, 1.54) is 15.8 Å². The van der Waals surface area contributed by atoms with Gasteiger partial charge in [-0.1, -0.05) is 35.9 Å². The minimum Gasteiger partial charge on any atom is -0.339 e. The van der Waals surface area contributed by atoms with Gasteiger partial charge in [-0.3, -0.25) is 14.4 Å². The maximum atomic E-state index is 12.9. The van der Waals surface area contributed by atoms with E-state index in [-0.39, 0.29) is 17.5 Å². The second kappa shape index (κ2) is 8.35. The molecule has 1 aromatic heterocycles. The van der Waals surface area contributed by atoms with E-state index in [0.29, 0.717) is 18.8 Å². The molecular formula is C19H23ClF2N4O. The number of piperazine rings is 1. The van der Waals surface area contributed by atoms with Crippen molar-refractivity contribution in [2.75, 3.05) is 26.2 Å². The fourth-order valence-corrected chi connectivity index (χ4v) is 3.47. The van der Waals surface area contributed by atoms with Gasteiger partial charge in [-0.05, 0) is 25.0 Å². The molecule has 1 amide bonds. The Morgan fingerprint density at radius 2 is 1.85 bits per heavy atom. The average Bonchev–Trinajstić information content (AvgIpc) is 2.93. The van der Waals surface area contributed by atoms with E-state index in [0.717, 1.165) is 19.6 Å². The molecule has 0 unspecified atom stereocenters. The topological polar surface area (TPSA) is 41.4 Å². The van der Waals surface area contributed by atoms with Crippen LogP contribution in [-0.4, -0.2) is 51.7 Å². The zero-order valence-electron chi connectivity index (χ0n) is 15.5. The number of alkyl halides is 2. The molecule has 1 aliphatic heterocycles. The first-order chi connectivity index (χ1) is 12.9. The number of rotatable bonds is 5. The van der Waals surface area contributed by atoms with Crippen molar-refractivity contribution in [2.24, 2.45) is 0 Å². The van der Waals surface area contributed by atoms with Crippen LogP contribution in [0.4, 0.5) is 8.78 Å². The highest BCUT2D eigenvalue weighted by Crippen LogP contribution is 2.28. The Morgan fingerprint density at radius 3 is 2.44 bits per heavy atom. The Hall–Kier alpha value is -1.99. The summed E-state index contributed by atoms with van der Waals surface area (Å²) in [5, 5.41) is 3.73. The third-order valence-electron chi connectivity index (χ3n) is 5.03. The Labute approximate surface area is 162 Å². The van der Waals surface area contributed by atoms with Crippen molar-refractivity contribution in [3.63, 3.8) is 0 Å². The lowest BCUT2D eigenvalue weighted by atomic mass is 10.1. The first kappa shape index (κ1) is 19.8. The van der Waals surface area contributed by atoms with Crippen molar-refractivity contribution in [1.29, 1.82) is 0 Å². The zero-order chi connectivity index (χ0) is 19.6. The zero-order valence-corrected chi connectivity index (χ0v) is 16.2. The van der Waals surface area contributed by atoms with Gasteiger partial charge in [0.2, 0.25) is 5.91 Å². The second-order valence-corrected chi connectivity index (χ2v) is 7.20. The number of hydrogen-bond acceptors (Lipinski definition) is 3. The summed E-state index contributed by atoms with van der Waals surface area (Å²) in [7, 11) is 0. The summed E-state index contributed by atoms with van der Waals surface area (Å²) in [6.07, 6.45) is -2.75. The van der Waals surface area contributed by atoms with Crippen LogP contribution < -0.4 is 0 Å². The average molecular weight is 397 g/mol. The summed E-state index contributed by atoms with van der Waals surface area (Å²) >= 11 is 5.89. The van der Waals surface area contributed by atoms with Gasteiger partial charge in [0.05, 0.1) is 10.7 Å².